The van der Waals surface area contributed by atoms with Gasteiger partial charge in [-0.2, -0.15) is 5.10 Å². The third-order valence-electron chi connectivity index (χ3n) is 2.95. The number of methoxy groups -OCH3 is 1. The van der Waals surface area contributed by atoms with Gasteiger partial charge in [0.1, 0.15) is 5.76 Å². The first-order valence-corrected chi connectivity index (χ1v) is 6.11. The number of furan rings is 1. The molecule has 0 saturated heterocycles. The number of para-hydroxylation sites is 1. The van der Waals surface area contributed by atoms with Crippen molar-refractivity contribution in [2.24, 2.45) is 0 Å². The van der Waals surface area contributed by atoms with Crippen LogP contribution in [-0.4, -0.2) is 17.3 Å². The zero-order valence-electron chi connectivity index (χ0n) is 10.6. The predicted octanol–water partition coefficient (Wildman–Crippen LogP) is 2.45. The van der Waals surface area contributed by atoms with Crippen LogP contribution in [-0.2, 0) is 13.1 Å². The largest absolute Gasteiger partial charge is 0.493 e. The fourth-order valence-corrected chi connectivity index (χ4v) is 2.04. The van der Waals surface area contributed by atoms with E-state index in [0.717, 1.165) is 34.7 Å². The van der Waals surface area contributed by atoms with Crippen molar-refractivity contribution in [3.63, 3.8) is 0 Å². The molecule has 0 aliphatic rings. The van der Waals surface area contributed by atoms with Gasteiger partial charge in [-0.1, -0.05) is 12.1 Å². The van der Waals surface area contributed by atoms with E-state index in [0.29, 0.717) is 6.54 Å². The highest BCUT2D eigenvalue weighted by molar-refractivity contribution is 5.83. The van der Waals surface area contributed by atoms with Gasteiger partial charge >= 0.3 is 0 Å². The quantitative estimate of drug-likeness (QED) is 0.737. The molecule has 2 heterocycles. The first-order chi connectivity index (χ1) is 9.36. The summed E-state index contributed by atoms with van der Waals surface area (Å²) in [5.74, 6) is 1.65. The van der Waals surface area contributed by atoms with Crippen LogP contribution in [0.4, 0.5) is 0 Å². The molecule has 98 valence electrons. The van der Waals surface area contributed by atoms with E-state index < -0.39 is 0 Å². The average Bonchev–Trinajstić information content (AvgIpc) is 3.06. The summed E-state index contributed by atoms with van der Waals surface area (Å²) in [6.07, 6.45) is 1.74. The minimum atomic E-state index is 0.664. The molecular formula is C14H15N3O2. The molecule has 1 aromatic carbocycles. The van der Waals surface area contributed by atoms with Crippen molar-refractivity contribution in [2.75, 3.05) is 7.11 Å². The van der Waals surface area contributed by atoms with E-state index in [1.807, 2.05) is 30.3 Å². The van der Waals surface area contributed by atoms with Crippen molar-refractivity contribution < 1.29 is 9.15 Å². The minimum Gasteiger partial charge on any atom is -0.493 e. The van der Waals surface area contributed by atoms with Crippen LogP contribution in [0.2, 0.25) is 0 Å². The number of hydrogen-bond donors (Lipinski definition) is 2. The van der Waals surface area contributed by atoms with Gasteiger partial charge in [-0.3, -0.25) is 5.10 Å². The minimum absolute atomic E-state index is 0.664. The van der Waals surface area contributed by atoms with E-state index in [4.69, 9.17) is 9.15 Å². The van der Waals surface area contributed by atoms with Crippen molar-refractivity contribution in [1.29, 1.82) is 0 Å². The summed E-state index contributed by atoms with van der Waals surface area (Å²) in [6.45, 7) is 1.39. The van der Waals surface area contributed by atoms with Crippen LogP contribution in [0.25, 0.3) is 11.0 Å². The van der Waals surface area contributed by atoms with Crippen molar-refractivity contribution in [2.45, 2.75) is 13.1 Å². The Morgan fingerprint density at radius 1 is 1.32 bits per heavy atom. The topological polar surface area (TPSA) is 63.1 Å². The summed E-state index contributed by atoms with van der Waals surface area (Å²) in [5, 5.41) is 11.2. The summed E-state index contributed by atoms with van der Waals surface area (Å²) < 4.78 is 11.1. The molecule has 5 heteroatoms. The highest BCUT2D eigenvalue weighted by Crippen LogP contribution is 2.28. The molecular weight excluding hydrogens is 242 g/mol. The normalized spacial score (nSPS) is 11.0. The Kier molecular flexibility index (Phi) is 3.20. The van der Waals surface area contributed by atoms with E-state index in [1.54, 1.807) is 13.3 Å². The van der Waals surface area contributed by atoms with Gasteiger partial charge < -0.3 is 14.5 Å². The second kappa shape index (κ2) is 5.16. The fraction of sp³-hybridized carbons (Fsp3) is 0.214. The lowest BCUT2D eigenvalue weighted by Crippen LogP contribution is -2.12. The molecule has 0 aliphatic heterocycles. The summed E-state index contributed by atoms with van der Waals surface area (Å²) >= 11 is 0. The van der Waals surface area contributed by atoms with Gasteiger partial charge in [0.05, 0.1) is 13.7 Å². The molecule has 2 N–H and O–H groups in total. The Hall–Kier alpha value is -2.27. The number of nitrogens with zero attached hydrogens (tertiary/aromatic N) is 1. The lowest BCUT2D eigenvalue weighted by atomic mass is 10.2. The van der Waals surface area contributed by atoms with Crippen molar-refractivity contribution in [3.05, 3.63) is 48.0 Å². The Balaban J connectivity index is 1.71. The number of benzene rings is 1. The van der Waals surface area contributed by atoms with Crippen LogP contribution in [0.3, 0.4) is 0 Å². The van der Waals surface area contributed by atoms with Crippen LogP contribution >= 0.6 is 0 Å². The molecule has 0 bridgehead atoms. The molecule has 2 aromatic heterocycles. The van der Waals surface area contributed by atoms with E-state index in [1.165, 1.54) is 0 Å². The number of ether oxygens (including phenoxy) is 1. The standard InChI is InChI=1S/C14H15N3O2/c1-18-13-4-2-3-10-7-12(19-14(10)13)9-15-8-11-5-6-16-17-11/h2-7,15H,8-9H2,1H3,(H,16,17). The highest BCUT2D eigenvalue weighted by Gasteiger charge is 2.08. The molecule has 0 atom stereocenters. The molecule has 0 fully saturated rings. The SMILES string of the molecule is COc1cccc2cc(CNCc3ccn[nH]3)oc12. The van der Waals surface area contributed by atoms with Crippen LogP contribution in [0.15, 0.2) is 40.9 Å². The molecule has 0 spiro atoms. The maximum atomic E-state index is 5.80. The fourth-order valence-electron chi connectivity index (χ4n) is 2.04. The first kappa shape index (κ1) is 11.8. The number of H-pyrrole nitrogens is 1. The van der Waals surface area contributed by atoms with Gasteiger partial charge in [0.2, 0.25) is 0 Å². The van der Waals surface area contributed by atoms with Crippen LogP contribution in [0.5, 0.6) is 5.75 Å². The first-order valence-electron chi connectivity index (χ1n) is 6.11. The van der Waals surface area contributed by atoms with Crippen LogP contribution < -0.4 is 10.1 Å². The van der Waals surface area contributed by atoms with Gasteiger partial charge in [-0.25, -0.2) is 0 Å². The number of fused-ring (bicyclic) bond motifs is 1. The molecule has 3 aromatic rings. The molecule has 0 radical (unpaired) electrons. The maximum absolute atomic E-state index is 5.80. The van der Waals surface area contributed by atoms with E-state index >= 15 is 0 Å². The molecule has 0 amide bonds. The molecule has 3 rings (SSSR count). The van der Waals surface area contributed by atoms with Crippen molar-refractivity contribution >= 4 is 11.0 Å². The summed E-state index contributed by atoms with van der Waals surface area (Å²) in [6, 6.07) is 9.83. The monoisotopic (exact) mass is 257 g/mol. The van der Waals surface area contributed by atoms with Gasteiger partial charge in [-0.15, -0.1) is 0 Å². The molecule has 5 nitrogen and oxygen atoms in total. The van der Waals surface area contributed by atoms with Crippen LogP contribution in [0.1, 0.15) is 11.5 Å². The van der Waals surface area contributed by atoms with Gasteiger partial charge in [0.15, 0.2) is 11.3 Å². The molecule has 0 saturated carbocycles. The third kappa shape index (κ3) is 2.46. The predicted molar refractivity (Wildman–Crippen MR) is 71.9 cm³/mol. The van der Waals surface area contributed by atoms with Gasteiger partial charge in [-0.05, 0) is 18.2 Å². The lowest BCUT2D eigenvalue weighted by Gasteiger charge is -2.00. The Morgan fingerprint density at radius 2 is 2.26 bits per heavy atom. The number of aromatic amines is 1. The Morgan fingerprint density at radius 3 is 3.05 bits per heavy atom. The Bertz CT molecular complexity index is 658. The number of nitrogens with one attached hydrogen (secondary N) is 2. The summed E-state index contributed by atoms with van der Waals surface area (Å²) in [7, 11) is 1.65. The van der Waals surface area contributed by atoms with E-state index in [2.05, 4.69) is 15.5 Å². The summed E-state index contributed by atoms with van der Waals surface area (Å²) in [5.41, 5.74) is 1.84. The maximum Gasteiger partial charge on any atom is 0.176 e. The van der Waals surface area contributed by atoms with E-state index in [9.17, 15) is 0 Å². The van der Waals surface area contributed by atoms with Crippen molar-refractivity contribution in [3.8, 4) is 5.75 Å². The van der Waals surface area contributed by atoms with Crippen molar-refractivity contribution in [1.82, 2.24) is 15.5 Å². The second-order valence-corrected chi connectivity index (χ2v) is 4.28. The van der Waals surface area contributed by atoms with Crippen LogP contribution in [0, 0.1) is 0 Å². The highest BCUT2D eigenvalue weighted by atomic mass is 16.5. The van der Waals surface area contributed by atoms with E-state index in [-0.39, 0.29) is 0 Å². The Labute approximate surface area is 110 Å². The molecule has 0 unspecified atom stereocenters. The summed E-state index contributed by atoms with van der Waals surface area (Å²) in [4.78, 5) is 0. The zero-order valence-corrected chi connectivity index (χ0v) is 10.6. The average molecular weight is 257 g/mol. The smallest absolute Gasteiger partial charge is 0.176 e. The number of rotatable bonds is 5. The molecule has 0 aliphatic carbocycles. The van der Waals surface area contributed by atoms with Gasteiger partial charge in [0.25, 0.3) is 0 Å². The zero-order chi connectivity index (χ0) is 13.1. The van der Waals surface area contributed by atoms with Gasteiger partial charge in [0, 0.05) is 23.8 Å². The number of hydrogen-bond acceptors (Lipinski definition) is 4. The number of aromatic nitrogens is 2. The lowest BCUT2D eigenvalue weighted by molar-refractivity contribution is 0.406. The molecule has 19 heavy (non-hydrogen) atoms. The second-order valence-electron chi connectivity index (χ2n) is 4.28. The third-order valence-corrected chi connectivity index (χ3v) is 2.95.